The average molecular weight is 396 g/mol. The highest BCUT2D eigenvalue weighted by Crippen LogP contribution is 2.25. The van der Waals surface area contributed by atoms with Crippen molar-refractivity contribution in [2.75, 3.05) is 20.3 Å². The van der Waals surface area contributed by atoms with Gasteiger partial charge in [0.25, 0.3) is 5.91 Å². The number of carbonyl (C=O) groups excluding carboxylic acids is 2. The molecule has 0 aliphatic carbocycles. The molecule has 8 nitrogen and oxygen atoms in total. The lowest BCUT2D eigenvalue weighted by molar-refractivity contribution is -0.275. The summed E-state index contributed by atoms with van der Waals surface area (Å²) in [5.74, 6) is 0.267. The molecule has 0 aliphatic heterocycles. The molecule has 0 saturated heterocycles. The summed E-state index contributed by atoms with van der Waals surface area (Å²) in [5.41, 5.74) is -1.48. The Bertz CT molecular complexity index is 641. The molecule has 0 aromatic heterocycles. The van der Waals surface area contributed by atoms with Crippen LogP contribution in [0.3, 0.4) is 0 Å². The first-order valence-corrected chi connectivity index (χ1v) is 9.23. The van der Waals surface area contributed by atoms with Gasteiger partial charge in [0, 0.05) is 0 Å². The average Bonchev–Trinajstić information content (AvgIpc) is 2.58. The molecule has 0 bridgehead atoms. The molecule has 0 radical (unpaired) electrons. The van der Waals surface area contributed by atoms with Crippen LogP contribution in [0.5, 0.6) is 5.75 Å². The second kappa shape index (κ2) is 10.3. The predicted octanol–water partition coefficient (Wildman–Crippen LogP) is 2.91. The number of amides is 2. The van der Waals surface area contributed by atoms with Gasteiger partial charge in [0.1, 0.15) is 23.5 Å². The monoisotopic (exact) mass is 396 g/mol. The topological polar surface area (TPSA) is 95.1 Å². The Morgan fingerprint density at radius 1 is 1.11 bits per heavy atom. The van der Waals surface area contributed by atoms with Crippen LogP contribution >= 0.6 is 0 Å². The minimum absolute atomic E-state index is 0.161. The number of benzene rings is 1. The molecule has 1 aromatic rings. The zero-order valence-corrected chi connectivity index (χ0v) is 17.8. The third-order valence-electron chi connectivity index (χ3n) is 3.76. The van der Waals surface area contributed by atoms with Crippen molar-refractivity contribution in [2.45, 2.75) is 58.7 Å². The van der Waals surface area contributed by atoms with Crippen molar-refractivity contribution in [1.82, 2.24) is 10.6 Å². The summed E-state index contributed by atoms with van der Waals surface area (Å²) in [7, 11) is 1.39. The Morgan fingerprint density at radius 2 is 1.71 bits per heavy atom. The van der Waals surface area contributed by atoms with E-state index in [4.69, 9.17) is 14.4 Å². The lowest BCUT2D eigenvalue weighted by atomic mass is 9.90. The van der Waals surface area contributed by atoms with Gasteiger partial charge >= 0.3 is 6.09 Å². The Balaban J connectivity index is 3.10. The fraction of sp³-hybridized carbons (Fsp3) is 0.600. The molecule has 1 aromatic carbocycles. The smallest absolute Gasteiger partial charge is 0.408 e. The van der Waals surface area contributed by atoms with Crippen LogP contribution in [0.25, 0.3) is 0 Å². The first-order valence-electron chi connectivity index (χ1n) is 9.23. The van der Waals surface area contributed by atoms with E-state index in [0.717, 1.165) is 0 Å². The Kier molecular flexibility index (Phi) is 8.71. The maximum absolute atomic E-state index is 13.0. The fourth-order valence-electron chi connectivity index (χ4n) is 2.40. The van der Waals surface area contributed by atoms with Crippen LogP contribution in [0.1, 0.15) is 47.1 Å². The molecule has 0 spiro atoms. The second-order valence-corrected chi connectivity index (χ2v) is 7.53. The standard InChI is InChI=1S/C20H32N2O6/c1-8-26-16-11-9-15(10-12-16)20(6,22-18(24)28-19(3,4)5)17(23)21-14(2)13-27-25-7/h9-12,14H,8,13H2,1-7H3,(H,21,23)(H,22,24). The zero-order chi connectivity index (χ0) is 21.4. The number of nitrogens with one attached hydrogen (secondary N) is 2. The minimum atomic E-state index is -1.37. The van der Waals surface area contributed by atoms with Gasteiger partial charge in [0.15, 0.2) is 0 Å². The minimum Gasteiger partial charge on any atom is -0.494 e. The van der Waals surface area contributed by atoms with E-state index < -0.39 is 23.1 Å². The van der Waals surface area contributed by atoms with Gasteiger partial charge in [0.05, 0.1) is 19.8 Å². The highest BCUT2D eigenvalue weighted by Gasteiger charge is 2.39. The van der Waals surface area contributed by atoms with Gasteiger partial charge in [-0.25, -0.2) is 14.6 Å². The highest BCUT2D eigenvalue weighted by atomic mass is 17.2. The number of alkyl carbamates (subject to hydrolysis) is 1. The molecule has 2 N–H and O–H groups in total. The van der Waals surface area contributed by atoms with E-state index in [-0.39, 0.29) is 12.6 Å². The van der Waals surface area contributed by atoms with Gasteiger partial charge in [-0.15, -0.1) is 0 Å². The van der Waals surface area contributed by atoms with E-state index in [9.17, 15) is 9.59 Å². The summed E-state index contributed by atoms with van der Waals surface area (Å²) in [6.07, 6.45) is -0.695. The van der Waals surface area contributed by atoms with Crippen molar-refractivity contribution >= 4 is 12.0 Å². The summed E-state index contributed by atoms with van der Waals surface area (Å²) >= 11 is 0. The van der Waals surface area contributed by atoms with E-state index in [1.165, 1.54) is 7.11 Å². The summed E-state index contributed by atoms with van der Waals surface area (Å²) in [4.78, 5) is 34.9. The SMILES string of the molecule is CCOc1ccc(C(C)(NC(=O)OC(C)(C)C)C(=O)NC(C)COOC)cc1. The summed E-state index contributed by atoms with van der Waals surface area (Å²) in [5, 5.41) is 5.51. The van der Waals surface area contributed by atoms with Crippen LogP contribution in [-0.4, -0.2) is 44.0 Å². The molecule has 0 saturated carbocycles. The molecule has 0 aliphatic rings. The maximum atomic E-state index is 13.0. The second-order valence-electron chi connectivity index (χ2n) is 7.53. The first kappa shape index (κ1) is 23.7. The number of hydrogen-bond donors (Lipinski definition) is 2. The molecular formula is C20H32N2O6. The van der Waals surface area contributed by atoms with Crippen molar-refractivity contribution in [3.05, 3.63) is 29.8 Å². The van der Waals surface area contributed by atoms with Crippen molar-refractivity contribution in [3.8, 4) is 5.75 Å². The van der Waals surface area contributed by atoms with E-state index >= 15 is 0 Å². The Hall–Kier alpha value is -2.32. The molecule has 0 heterocycles. The van der Waals surface area contributed by atoms with Gasteiger partial charge < -0.3 is 20.1 Å². The molecule has 1 rings (SSSR count). The molecule has 2 amide bonds. The molecule has 2 unspecified atom stereocenters. The van der Waals surface area contributed by atoms with Gasteiger partial charge in [-0.05, 0) is 59.2 Å². The Morgan fingerprint density at radius 3 is 2.21 bits per heavy atom. The first-order chi connectivity index (χ1) is 13.0. The van der Waals surface area contributed by atoms with Gasteiger partial charge in [-0.2, -0.15) is 0 Å². The maximum Gasteiger partial charge on any atom is 0.408 e. The summed E-state index contributed by atoms with van der Waals surface area (Å²) in [6.45, 7) is 11.2. The lowest BCUT2D eigenvalue weighted by Gasteiger charge is -2.32. The quantitative estimate of drug-likeness (QED) is 0.492. The van der Waals surface area contributed by atoms with Crippen molar-refractivity contribution in [2.24, 2.45) is 0 Å². The highest BCUT2D eigenvalue weighted by molar-refractivity contribution is 5.91. The van der Waals surface area contributed by atoms with Crippen LogP contribution in [0.15, 0.2) is 24.3 Å². The molecule has 28 heavy (non-hydrogen) atoms. The van der Waals surface area contributed by atoms with Crippen LogP contribution in [0.2, 0.25) is 0 Å². The van der Waals surface area contributed by atoms with Crippen LogP contribution in [0.4, 0.5) is 4.79 Å². The van der Waals surface area contributed by atoms with Crippen molar-refractivity contribution < 1.29 is 28.8 Å². The van der Waals surface area contributed by atoms with Crippen LogP contribution in [0, 0.1) is 0 Å². The van der Waals surface area contributed by atoms with Gasteiger partial charge in [-0.3, -0.25) is 4.79 Å². The molecule has 8 heteroatoms. The largest absolute Gasteiger partial charge is 0.494 e. The predicted molar refractivity (Wildman–Crippen MR) is 105 cm³/mol. The van der Waals surface area contributed by atoms with E-state index in [0.29, 0.717) is 17.9 Å². The number of ether oxygens (including phenoxy) is 2. The normalized spacial score (nSPS) is 14.5. The third kappa shape index (κ3) is 7.36. The molecule has 158 valence electrons. The van der Waals surface area contributed by atoms with Crippen molar-refractivity contribution in [1.29, 1.82) is 0 Å². The number of rotatable bonds is 9. The van der Waals surface area contributed by atoms with Gasteiger partial charge in [0.2, 0.25) is 0 Å². The zero-order valence-electron chi connectivity index (χ0n) is 17.8. The third-order valence-corrected chi connectivity index (χ3v) is 3.76. The number of carbonyl (C=O) groups is 2. The molecule has 2 atom stereocenters. The Labute approximate surface area is 166 Å². The van der Waals surface area contributed by atoms with E-state index in [2.05, 4.69) is 15.5 Å². The summed E-state index contributed by atoms with van der Waals surface area (Å²) in [6, 6.07) is 6.63. The lowest BCUT2D eigenvalue weighted by Crippen LogP contribution is -2.57. The molecular weight excluding hydrogens is 364 g/mol. The van der Waals surface area contributed by atoms with Crippen molar-refractivity contribution in [3.63, 3.8) is 0 Å². The van der Waals surface area contributed by atoms with E-state index in [1.807, 2.05) is 6.92 Å². The van der Waals surface area contributed by atoms with Crippen LogP contribution in [-0.2, 0) is 24.8 Å². The molecule has 0 fully saturated rings. The van der Waals surface area contributed by atoms with Gasteiger partial charge in [-0.1, -0.05) is 12.1 Å². The summed E-state index contributed by atoms with van der Waals surface area (Å²) < 4.78 is 10.8. The fourth-order valence-corrected chi connectivity index (χ4v) is 2.40. The number of hydrogen-bond acceptors (Lipinski definition) is 6. The van der Waals surface area contributed by atoms with E-state index in [1.54, 1.807) is 58.9 Å². The van der Waals surface area contributed by atoms with Crippen LogP contribution < -0.4 is 15.4 Å².